The zero-order chi connectivity index (χ0) is 15.5. The Morgan fingerprint density at radius 3 is 3.14 bits per heavy atom. The molecule has 0 spiro atoms. The number of aromatic nitrogens is 1. The van der Waals surface area contributed by atoms with Gasteiger partial charge in [0.1, 0.15) is 5.69 Å². The number of hydrogen-bond acceptors (Lipinski definition) is 5. The molecule has 1 atom stereocenters. The number of amides is 1. The van der Waals surface area contributed by atoms with Gasteiger partial charge in [0.25, 0.3) is 5.91 Å². The molecule has 0 radical (unpaired) electrons. The Morgan fingerprint density at radius 2 is 2.41 bits per heavy atom. The first-order valence-corrected chi connectivity index (χ1v) is 8.37. The topological polar surface area (TPSA) is 71.2 Å². The summed E-state index contributed by atoms with van der Waals surface area (Å²) in [6.07, 6.45) is 1.05. The van der Waals surface area contributed by atoms with Gasteiger partial charge in [-0.05, 0) is 30.5 Å². The zero-order valence-corrected chi connectivity index (χ0v) is 13.5. The molecule has 2 aromatic rings. The molecule has 1 aliphatic heterocycles. The number of thiazole rings is 1. The lowest BCUT2D eigenvalue weighted by molar-refractivity contribution is 0.0944. The summed E-state index contributed by atoms with van der Waals surface area (Å²) in [6.45, 7) is 2.54. The number of nitrogens with two attached hydrogens (primary N) is 1. The molecule has 7 heteroatoms. The number of anilines is 2. The molecular weight excluding hydrogens is 320 g/mol. The SMILES string of the molecule is Nc1nc(C(=O)NC[C@H]2CCN(c3cccc(Cl)c3)C2)cs1. The third-order valence-electron chi connectivity index (χ3n) is 3.77. The molecule has 1 fully saturated rings. The van der Waals surface area contributed by atoms with E-state index in [-0.39, 0.29) is 5.91 Å². The lowest BCUT2D eigenvalue weighted by atomic mass is 10.1. The van der Waals surface area contributed by atoms with Crippen LogP contribution in [0.2, 0.25) is 5.02 Å². The average Bonchev–Trinajstić information content (AvgIpc) is 3.14. The fourth-order valence-corrected chi connectivity index (χ4v) is 3.35. The van der Waals surface area contributed by atoms with Crippen LogP contribution in [-0.4, -0.2) is 30.5 Å². The molecule has 1 aromatic carbocycles. The predicted molar refractivity (Wildman–Crippen MR) is 90.6 cm³/mol. The number of carbonyl (C=O) groups is 1. The highest BCUT2D eigenvalue weighted by atomic mass is 35.5. The van der Waals surface area contributed by atoms with E-state index >= 15 is 0 Å². The smallest absolute Gasteiger partial charge is 0.270 e. The Labute approximate surface area is 138 Å². The minimum atomic E-state index is -0.158. The van der Waals surface area contributed by atoms with Gasteiger partial charge in [0.05, 0.1) is 0 Å². The minimum Gasteiger partial charge on any atom is -0.375 e. The molecule has 1 aromatic heterocycles. The predicted octanol–water partition coefficient (Wildman–Crippen LogP) is 2.64. The van der Waals surface area contributed by atoms with Crippen LogP contribution in [0.4, 0.5) is 10.8 Å². The van der Waals surface area contributed by atoms with E-state index in [1.54, 1.807) is 5.38 Å². The number of nitrogens with one attached hydrogen (secondary N) is 1. The van der Waals surface area contributed by atoms with E-state index in [1.807, 2.05) is 18.2 Å². The third-order valence-corrected chi connectivity index (χ3v) is 4.67. The van der Waals surface area contributed by atoms with Crippen LogP contribution in [0.25, 0.3) is 0 Å². The van der Waals surface area contributed by atoms with Gasteiger partial charge < -0.3 is 16.0 Å². The van der Waals surface area contributed by atoms with Gasteiger partial charge in [0, 0.05) is 35.7 Å². The van der Waals surface area contributed by atoms with Crippen LogP contribution in [0, 0.1) is 5.92 Å². The van der Waals surface area contributed by atoms with E-state index in [0.717, 1.165) is 30.2 Å². The van der Waals surface area contributed by atoms with E-state index < -0.39 is 0 Å². The lowest BCUT2D eigenvalue weighted by Crippen LogP contribution is -2.31. The molecule has 5 nitrogen and oxygen atoms in total. The maximum absolute atomic E-state index is 12.0. The van der Waals surface area contributed by atoms with Crippen molar-refractivity contribution in [2.45, 2.75) is 6.42 Å². The molecule has 0 bridgehead atoms. The molecule has 0 saturated carbocycles. The number of carbonyl (C=O) groups excluding carboxylic acids is 1. The van der Waals surface area contributed by atoms with Crippen molar-refractivity contribution < 1.29 is 4.79 Å². The molecular formula is C15H17ClN4OS. The standard InChI is InChI=1S/C15H17ClN4OS/c16-11-2-1-3-12(6-11)20-5-4-10(8-20)7-18-14(21)13-9-22-15(17)19-13/h1-3,6,9-10H,4-5,7-8H2,(H2,17,19)(H,18,21)/t10-/m1/s1. The summed E-state index contributed by atoms with van der Waals surface area (Å²) in [4.78, 5) is 18.2. The fourth-order valence-electron chi connectivity index (χ4n) is 2.63. The van der Waals surface area contributed by atoms with Gasteiger partial charge in [-0.2, -0.15) is 0 Å². The van der Waals surface area contributed by atoms with Crippen molar-refractivity contribution >= 4 is 39.7 Å². The van der Waals surface area contributed by atoms with Crippen LogP contribution in [0.1, 0.15) is 16.9 Å². The Hall–Kier alpha value is -1.79. The molecule has 22 heavy (non-hydrogen) atoms. The number of rotatable bonds is 4. The Bertz CT molecular complexity index is 675. The summed E-state index contributed by atoms with van der Waals surface area (Å²) in [5.41, 5.74) is 7.07. The molecule has 3 N–H and O–H groups in total. The largest absolute Gasteiger partial charge is 0.375 e. The summed E-state index contributed by atoms with van der Waals surface area (Å²) < 4.78 is 0. The van der Waals surface area contributed by atoms with Crippen LogP contribution in [-0.2, 0) is 0 Å². The Morgan fingerprint density at radius 1 is 1.55 bits per heavy atom. The molecule has 0 aliphatic carbocycles. The summed E-state index contributed by atoms with van der Waals surface area (Å²) >= 11 is 7.31. The van der Waals surface area contributed by atoms with Crippen LogP contribution in [0.15, 0.2) is 29.6 Å². The van der Waals surface area contributed by atoms with Crippen LogP contribution in [0.3, 0.4) is 0 Å². The molecule has 116 valence electrons. The molecule has 3 rings (SSSR count). The van der Waals surface area contributed by atoms with E-state index in [2.05, 4.69) is 21.3 Å². The highest BCUT2D eigenvalue weighted by molar-refractivity contribution is 7.13. The molecule has 1 saturated heterocycles. The first kappa shape index (κ1) is 15.1. The maximum Gasteiger partial charge on any atom is 0.270 e. The summed E-state index contributed by atoms with van der Waals surface area (Å²) in [6, 6.07) is 7.86. The normalized spacial score (nSPS) is 17.7. The number of halogens is 1. The van der Waals surface area contributed by atoms with Gasteiger partial charge in [0.2, 0.25) is 0 Å². The first-order valence-electron chi connectivity index (χ1n) is 7.11. The Kier molecular flexibility index (Phi) is 4.49. The molecule has 1 aliphatic rings. The fraction of sp³-hybridized carbons (Fsp3) is 0.333. The van der Waals surface area contributed by atoms with Crippen molar-refractivity contribution in [3.05, 3.63) is 40.4 Å². The van der Waals surface area contributed by atoms with Crippen molar-refractivity contribution in [1.29, 1.82) is 0 Å². The quantitative estimate of drug-likeness (QED) is 0.900. The van der Waals surface area contributed by atoms with Crippen LogP contribution >= 0.6 is 22.9 Å². The first-order chi connectivity index (χ1) is 10.6. The minimum absolute atomic E-state index is 0.158. The van der Waals surface area contributed by atoms with E-state index in [4.69, 9.17) is 17.3 Å². The second kappa shape index (κ2) is 6.54. The van der Waals surface area contributed by atoms with Crippen LogP contribution < -0.4 is 16.0 Å². The van der Waals surface area contributed by atoms with E-state index in [0.29, 0.717) is 23.3 Å². The van der Waals surface area contributed by atoms with Gasteiger partial charge in [-0.3, -0.25) is 4.79 Å². The highest BCUT2D eigenvalue weighted by Gasteiger charge is 2.23. The zero-order valence-electron chi connectivity index (χ0n) is 12.0. The summed E-state index contributed by atoms with van der Waals surface area (Å²) in [5.74, 6) is 0.271. The van der Waals surface area contributed by atoms with Crippen molar-refractivity contribution in [3.8, 4) is 0 Å². The highest BCUT2D eigenvalue weighted by Crippen LogP contribution is 2.25. The third kappa shape index (κ3) is 3.51. The maximum atomic E-state index is 12.0. The van der Waals surface area contributed by atoms with Crippen molar-refractivity contribution in [3.63, 3.8) is 0 Å². The van der Waals surface area contributed by atoms with Crippen molar-refractivity contribution in [2.24, 2.45) is 5.92 Å². The van der Waals surface area contributed by atoms with Gasteiger partial charge in [-0.1, -0.05) is 17.7 Å². The molecule has 1 amide bonds. The lowest BCUT2D eigenvalue weighted by Gasteiger charge is -2.19. The monoisotopic (exact) mass is 336 g/mol. The number of benzene rings is 1. The number of nitrogens with zero attached hydrogens (tertiary/aromatic N) is 2. The van der Waals surface area contributed by atoms with Gasteiger partial charge in [-0.25, -0.2) is 4.98 Å². The molecule has 2 heterocycles. The second-order valence-corrected chi connectivity index (χ2v) is 6.69. The van der Waals surface area contributed by atoms with Crippen molar-refractivity contribution in [1.82, 2.24) is 10.3 Å². The second-order valence-electron chi connectivity index (χ2n) is 5.36. The van der Waals surface area contributed by atoms with Gasteiger partial charge in [-0.15, -0.1) is 11.3 Å². The molecule has 0 unspecified atom stereocenters. The van der Waals surface area contributed by atoms with E-state index in [9.17, 15) is 4.79 Å². The van der Waals surface area contributed by atoms with Crippen LogP contribution in [0.5, 0.6) is 0 Å². The number of hydrogen-bond donors (Lipinski definition) is 2. The van der Waals surface area contributed by atoms with E-state index in [1.165, 1.54) is 11.3 Å². The van der Waals surface area contributed by atoms with Gasteiger partial charge >= 0.3 is 0 Å². The summed E-state index contributed by atoms with van der Waals surface area (Å²) in [7, 11) is 0. The number of nitrogen functional groups attached to an aromatic ring is 1. The Balaban J connectivity index is 1.52. The summed E-state index contributed by atoms with van der Waals surface area (Å²) in [5, 5.41) is 5.77. The van der Waals surface area contributed by atoms with Crippen molar-refractivity contribution in [2.75, 3.05) is 30.3 Å². The average molecular weight is 337 g/mol. The van der Waals surface area contributed by atoms with Gasteiger partial charge in [0.15, 0.2) is 5.13 Å².